The van der Waals surface area contributed by atoms with Gasteiger partial charge in [-0.05, 0) is 88.5 Å². The minimum atomic E-state index is -0.953. The summed E-state index contributed by atoms with van der Waals surface area (Å²) in [5.41, 5.74) is 7.77. The number of dihydropyridines is 1. The Hall–Kier alpha value is -3.59. The van der Waals surface area contributed by atoms with Crippen LogP contribution >= 0.6 is 0 Å². The number of para-hydroxylation sites is 1. The first kappa shape index (κ1) is 27.0. The van der Waals surface area contributed by atoms with Crippen molar-refractivity contribution in [1.29, 1.82) is 5.41 Å². The van der Waals surface area contributed by atoms with E-state index in [1.54, 1.807) is 32.1 Å². The van der Waals surface area contributed by atoms with Crippen LogP contribution in [0.5, 0.6) is 5.75 Å². The molecule has 0 bridgehead atoms. The molecule has 9 nitrogen and oxygen atoms in total. The van der Waals surface area contributed by atoms with E-state index in [-0.39, 0.29) is 35.6 Å². The van der Waals surface area contributed by atoms with E-state index in [1.165, 1.54) is 0 Å². The zero-order chi connectivity index (χ0) is 27.9. The van der Waals surface area contributed by atoms with Crippen LogP contribution in [0.15, 0.2) is 53.1 Å². The van der Waals surface area contributed by atoms with Crippen molar-refractivity contribution in [3.05, 3.63) is 64.2 Å². The van der Waals surface area contributed by atoms with E-state index >= 15 is 0 Å². The van der Waals surface area contributed by atoms with Gasteiger partial charge < -0.3 is 36.4 Å². The van der Waals surface area contributed by atoms with Gasteiger partial charge in [0.05, 0.1) is 34.2 Å². The Balaban J connectivity index is 1.16. The third-order valence-electron chi connectivity index (χ3n) is 7.96. The third-order valence-corrected chi connectivity index (χ3v) is 7.96. The maximum atomic E-state index is 13.1. The van der Waals surface area contributed by atoms with E-state index in [0.29, 0.717) is 28.7 Å². The number of aryl methyl sites for hydroxylation is 1. The second-order valence-electron chi connectivity index (χ2n) is 12.1. The summed E-state index contributed by atoms with van der Waals surface area (Å²) in [5.74, 6) is 0.800. The number of rotatable bonds is 10. The number of hydrogen-bond donors (Lipinski definition) is 5. The van der Waals surface area contributed by atoms with E-state index < -0.39 is 11.5 Å². The fourth-order valence-electron chi connectivity index (χ4n) is 5.82. The molecular formula is C30H38N4O5. The molecular weight excluding hydrogens is 496 g/mol. The fourth-order valence-corrected chi connectivity index (χ4v) is 5.82. The Morgan fingerprint density at radius 2 is 1.95 bits per heavy atom. The van der Waals surface area contributed by atoms with E-state index in [9.17, 15) is 14.7 Å². The predicted octanol–water partition coefficient (Wildman–Crippen LogP) is 3.37. The summed E-state index contributed by atoms with van der Waals surface area (Å²) in [6, 6.07) is 5.44. The third kappa shape index (κ3) is 5.88. The van der Waals surface area contributed by atoms with Gasteiger partial charge in [-0.1, -0.05) is 12.1 Å². The molecule has 1 aliphatic heterocycles. The Labute approximate surface area is 229 Å². The Morgan fingerprint density at radius 1 is 1.23 bits per heavy atom. The van der Waals surface area contributed by atoms with Crippen LogP contribution in [0.4, 0.5) is 0 Å². The number of amides is 2. The van der Waals surface area contributed by atoms with Crippen LogP contribution in [-0.4, -0.2) is 47.5 Å². The van der Waals surface area contributed by atoms with Crippen LogP contribution in [0.2, 0.25) is 0 Å². The van der Waals surface area contributed by atoms with Crippen molar-refractivity contribution in [3.8, 4) is 5.75 Å². The normalized spacial score (nSPS) is 27.2. The molecule has 0 unspecified atom stereocenters. The number of nitrogens with two attached hydrogens (primary N) is 1. The second-order valence-corrected chi connectivity index (χ2v) is 12.1. The lowest BCUT2D eigenvalue weighted by atomic mass is 9.53. The summed E-state index contributed by atoms with van der Waals surface area (Å²) in [6.45, 7) is 5.45. The molecule has 0 radical (unpaired) electrons. The molecule has 1 heterocycles. The molecule has 5 rings (SSSR count). The maximum absolute atomic E-state index is 13.1. The largest absolute Gasteiger partial charge is 0.489 e. The van der Waals surface area contributed by atoms with Gasteiger partial charge in [-0.15, -0.1) is 0 Å². The summed E-state index contributed by atoms with van der Waals surface area (Å²) in [6.07, 6.45) is 10.2. The molecule has 2 amide bonds. The lowest BCUT2D eigenvalue weighted by Crippen LogP contribution is -2.59. The van der Waals surface area contributed by atoms with Crippen molar-refractivity contribution in [1.82, 2.24) is 10.6 Å². The molecule has 6 N–H and O–H groups in total. The van der Waals surface area contributed by atoms with Gasteiger partial charge in [-0.3, -0.25) is 9.59 Å². The highest BCUT2D eigenvalue weighted by atomic mass is 16.5. The molecule has 1 spiro atoms. The number of aliphatic hydroxyl groups is 1. The molecule has 4 aliphatic rings. The van der Waals surface area contributed by atoms with E-state index in [4.69, 9.17) is 20.6 Å². The Morgan fingerprint density at radius 3 is 2.56 bits per heavy atom. The van der Waals surface area contributed by atoms with Crippen LogP contribution in [0.1, 0.15) is 68.3 Å². The van der Waals surface area contributed by atoms with Gasteiger partial charge in [0, 0.05) is 18.2 Å². The number of primary amides is 1. The predicted molar refractivity (Wildman–Crippen MR) is 147 cm³/mol. The van der Waals surface area contributed by atoms with Crippen molar-refractivity contribution >= 4 is 18.0 Å². The van der Waals surface area contributed by atoms with Gasteiger partial charge in [0.1, 0.15) is 18.1 Å². The van der Waals surface area contributed by atoms with Crippen molar-refractivity contribution in [2.45, 2.75) is 77.0 Å². The minimum Gasteiger partial charge on any atom is -0.489 e. The van der Waals surface area contributed by atoms with Gasteiger partial charge in [-0.25, -0.2) is 0 Å². The second kappa shape index (κ2) is 10.2. The number of hydrogen-bond acceptors (Lipinski definition) is 7. The number of benzene rings is 1. The first-order valence-corrected chi connectivity index (χ1v) is 13.6. The van der Waals surface area contributed by atoms with Crippen LogP contribution in [-0.2, 0) is 9.53 Å². The highest BCUT2D eigenvalue weighted by Gasteiger charge is 2.54. The summed E-state index contributed by atoms with van der Waals surface area (Å²) < 4.78 is 12.0. The average Bonchev–Trinajstić information content (AvgIpc) is 3.66. The molecule has 3 fully saturated rings. The van der Waals surface area contributed by atoms with E-state index in [1.807, 2.05) is 19.1 Å². The first-order valence-electron chi connectivity index (χ1n) is 13.6. The fraction of sp³-hybridized carbons (Fsp3) is 0.500. The van der Waals surface area contributed by atoms with Crippen LogP contribution in [0.25, 0.3) is 0 Å². The summed E-state index contributed by atoms with van der Waals surface area (Å²) in [4.78, 5) is 24.9. The van der Waals surface area contributed by atoms with Crippen LogP contribution in [0, 0.1) is 23.7 Å². The van der Waals surface area contributed by atoms with Crippen molar-refractivity contribution in [2.75, 3.05) is 6.61 Å². The standard InChI is InChI=1S/C30H38N4O5/c1-17-5-4-6-21(27(32)35)26(17)39-20-13-30(14-20)11-19(12-30)33-28(36)22(15-31)23-9-10-24(38-16-29(2,3)37)25(34-23)18-7-8-18/h4-6,9-10,15,18-20,31,34,37H,7-8,11-14,16H2,1-3H3,(H2,32,35)(H,33,36)/b23-22+,31-15?. The van der Waals surface area contributed by atoms with Crippen LogP contribution in [0.3, 0.4) is 0 Å². The molecule has 1 aromatic carbocycles. The zero-order valence-corrected chi connectivity index (χ0v) is 22.8. The van der Waals surface area contributed by atoms with Crippen molar-refractivity contribution < 1.29 is 24.2 Å². The number of carbonyl (C=O) groups excluding carboxylic acids is 2. The van der Waals surface area contributed by atoms with Gasteiger partial charge >= 0.3 is 0 Å². The SMILES string of the molecule is Cc1cccc(C(N)=O)c1OC1CC2(CC(NC(=O)/C(C=N)=C3\C=CC(OCC(C)(C)O)=C(C4CC4)N3)C2)C1. The quantitative estimate of drug-likeness (QED) is 0.230. The van der Waals surface area contributed by atoms with Gasteiger partial charge in [-0.2, -0.15) is 0 Å². The highest BCUT2D eigenvalue weighted by Crippen LogP contribution is 2.57. The summed E-state index contributed by atoms with van der Waals surface area (Å²) in [7, 11) is 0. The molecule has 9 heteroatoms. The lowest BCUT2D eigenvalue weighted by Gasteiger charge is -2.57. The number of carbonyl (C=O) groups is 2. The monoisotopic (exact) mass is 534 g/mol. The van der Waals surface area contributed by atoms with Gasteiger partial charge in [0.15, 0.2) is 0 Å². The zero-order valence-electron chi connectivity index (χ0n) is 22.8. The van der Waals surface area contributed by atoms with Gasteiger partial charge in [0.25, 0.3) is 11.8 Å². The topological polar surface area (TPSA) is 147 Å². The number of allylic oxidation sites excluding steroid dienone is 3. The molecule has 208 valence electrons. The Kier molecular flexibility index (Phi) is 7.05. The summed E-state index contributed by atoms with van der Waals surface area (Å²) >= 11 is 0. The Bertz CT molecular complexity index is 1270. The van der Waals surface area contributed by atoms with Crippen molar-refractivity contribution in [3.63, 3.8) is 0 Å². The number of nitrogens with one attached hydrogen (secondary N) is 3. The summed E-state index contributed by atoms with van der Waals surface area (Å²) in [5, 5.41) is 24.4. The molecule has 0 aromatic heterocycles. The number of ether oxygens (including phenoxy) is 2. The molecule has 0 atom stereocenters. The molecule has 3 aliphatic carbocycles. The lowest BCUT2D eigenvalue weighted by molar-refractivity contribution is -0.123. The van der Waals surface area contributed by atoms with E-state index in [0.717, 1.165) is 56.0 Å². The average molecular weight is 535 g/mol. The molecule has 0 saturated heterocycles. The minimum absolute atomic E-state index is 0.0251. The van der Waals surface area contributed by atoms with Crippen molar-refractivity contribution in [2.24, 2.45) is 17.1 Å². The van der Waals surface area contributed by atoms with Crippen LogP contribution < -0.4 is 21.1 Å². The first-order chi connectivity index (χ1) is 18.5. The molecule has 39 heavy (non-hydrogen) atoms. The van der Waals surface area contributed by atoms with Gasteiger partial charge in [0.2, 0.25) is 0 Å². The smallest absolute Gasteiger partial charge is 0.255 e. The molecule has 1 aromatic rings. The molecule has 3 saturated carbocycles. The van der Waals surface area contributed by atoms with E-state index in [2.05, 4.69) is 10.6 Å². The maximum Gasteiger partial charge on any atom is 0.255 e. The highest BCUT2D eigenvalue weighted by molar-refractivity contribution is 6.12.